The van der Waals surface area contributed by atoms with Crippen molar-refractivity contribution in [1.82, 2.24) is 0 Å². The molecule has 0 fully saturated rings. The first-order valence-electron chi connectivity index (χ1n) is 8.11. The van der Waals surface area contributed by atoms with Crippen LogP contribution in [0.1, 0.15) is 47.5 Å². The van der Waals surface area contributed by atoms with Crippen LogP contribution in [0.3, 0.4) is 0 Å². The lowest BCUT2D eigenvalue weighted by atomic mass is 10.3. The fraction of sp³-hybridized carbons (Fsp3) is 1.00. The van der Waals surface area contributed by atoms with Gasteiger partial charge in [-0.25, -0.2) is 0 Å². The molecule has 0 amide bonds. The molecule has 0 aliphatic rings. The Balaban J connectivity index is 0. The third-order valence-electron chi connectivity index (χ3n) is 2.65. The maximum absolute atomic E-state index is 8.70. The SMILES string of the molecule is CC(O)COC(C)CO.CCCCOC(C)COC(C)CO. The molecule has 4 atom stereocenters. The Morgan fingerprint density at radius 1 is 0.773 bits per heavy atom. The maximum Gasteiger partial charge on any atom is 0.0780 e. The highest BCUT2D eigenvalue weighted by atomic mass is 16.5. The second kappa shape index (κ2) is 17.1. The Kier molecular flexibility index (Phi) is 18.7. The van der Waals surface area contributed by atoms with Gasteiger partial charge in [-0.3, -0.25) is 0 Å². The number of aliphatic hydroxyl groups is 3. The summed E-state index contributed by atoms with van der Waals surface area (Å²) in [7, 11) is 0. The van der Waals surface area contributed by atoms with Crippen LogP contribution in [0.4, 0.5) is 0 Å². The van der Waals surface area contributed by atoms with Gasteiger partial charge in [0.1, 0.15) is 0 Å². The first-order chi connectivity index (χ1) is 10.4. The molecule has 136 valence electrons. The quantitative estimate of drug-likeness (QED) is 0.470. The molecule has 0 spiro atoms. The van der Waals surface area contributed by atoms with E-state index in [4.69, 9.17) is 29.5 Å². The number of rotatable bonds is 12. The molecule has 0 aromatic carbocycles. The van der Waals surface area contributed by atoms with E-state index in [1.807, 2.05) is 13.8 Å². The molecule has 0 saturated heterocycles. The Hall–Kier alpha value is -0.240. The summed E-state index contributed by atoms with van der Waals surface area (Å²) < 4.78 is 15.7. The summed E-state index contributed by atoms with van der Waals surface area (Å²) in [6, 6.07) is 0. The fourth-order valence-electron chi connectivity index (χ4n) is 1.19. The number of aliphatic hydroxyl groups excluding tert-OH is 3. The van der Waals surface area contributed by atoms with E-state index in [-0.39, 0.29) is 31.5 Å². The van der Waals surface area contributed by atoms with Gasteiger partial charge in [0.25, 0.3) is 0 Å². The number of hydrogen-bond donors (Lipinski definition) is 3. The molecule has 0 heterocycles. The van der Waals surface area contributed by atoms with Crippen LogP contribution in [0, 0.1) is 0 Å². The Labute approximate surface area is 135 Å². The molecule has 0 aromatic rings. The summed E-state index contributed by atoms with van der Waals surface area (Å²) in [6.45, 7) is 11.1. The molecular weight excluding hydrogens is 288 g/mol. The van der Waals surface area contributed by atoms with Crippen LogP contribution in [0.5, 0.6) is 0 Å². The van der Waals surface area contributed by atoms with Gasteiger partial charge in [-0.1, -0.05) is 13.3 Å². The first kappa shape index (κ1) is 24.0. The lowest BCUT2D eigenvalue weighted by Gasteiger charge is -2.15. The normalized spacial score (nSPS) is 16.4. The lowest BCUT2D eigenvalue weighted by molar-refractivity contribution is -0.0457. The Bertz CT molecular complexity index is 213. The summed E-state index contributed by atoms with van der Waals surface area (Å²) >= 11 is 0. The third-order valence-corrected chi connectivity index (χ3v) is 2.65. The van der Waals surface area contributed by atoms with Crippen molar-refractivity contribution in [3.8, 4) is 0 Å². The number of ether oxygens (including phenoxy) is 3. The predicted molar refractivity (Wildman–Crippen MR) is 87.0 cm³/mol. The highest BCUT2D eigenvalue weighted by molar-refractivity contribution is 4.51. The summed E-state index contributed by atoms with van der Waals surface area (Å²) in [5.74, 6) is 0. The Morgan fingerprint density at radius 3 is 1.68 bits per heavy atom. The van der Waals surface area contributed by atoms with Crippen LogP contribution in [0.25, 0.3) is 0 Å². The largest absolute Gasteiger partial charge is 0.394 e. The first-order valence-corrected chi connectivity index (χ1v) is 8.11. The van der Waals surface area contributed by atoms with Crippen molar-refractivity contribution in [3.63, 3.8) is 0 Å². The zero-order chi connectivity index (χ0) is 17.4. The van der Waals surface area contributed by atoms with Gasteiger partial charge < -0.3 is 29.5 Å². The summed E-state index contributed by atoms with van der Waals surface area (Å²) in [5.41, 5.74) is 0. The average Bonchev–Trinajstić information content (AvgIpc) is 2.50. The van der Waals surface area contributed by atoms with E-state index in [1.54, 1.807) is 13.8 Å². The second-order valence-corrected chi connectivity index (χ2v) is 5.54. The summed E-state index contributed by atoms with van der Waals surface area (Å²) in [6.07, 6.45) is 1.68. The van der Waals surface area contributed by atoms with Crippen molar-refractivity contribution in [2.45, 2.75) is 71.9 Å². The van der Waals surface area contributed by atoms with Crippen molar-refractivity contribution in [1.29, 1.82) is 0 Å². The maximum atomic E-state index is 8.70. The molecule has 6 heteroatoms. The van der Waals surface area contributed by atoms with E-state index >= 15 is 0 Å². The van der Waals surface area contributed by atoms with Crippen LogP contribution < -0.4 is 0 Å². The van der Waals surface area contributed by atoms with Crippen LogP contribution in [-0.4, -0.2) is 72.8 Å². The minimum Gasteiger partial charge on any atom is -0.394 e. The van der Waals surface area contributed by atoms with Gasteiger partial charge in [-0.05, 0) is 34.1 Å². The molecule has 0 aliphatic carbocycles. The fourth-order valence-corrected chi connectivity index (χ4v) is 1.19. The van der Waals surface area contributed by atoms with Crippen LogP contribution in [-0.2, 0) is 14.2 Å². The lowest BCUT2D eigenvalue weighted by Crippen LogP contribution is -2.22. The minimum absolute atomic E-state index is 0.00667. The smallest absolute Gasteiger partial charge is 0.0780 e. The van der Waals surface area contributed by atoms with Crippen molar-refractivity contribution in [2.24, 2.45) is 0 Å². The molecule has 0 saturated carbocycles. The van der Waals surface area contributed by atoms with Crippen molar-refractivity contribution in [3.05, 3.63) is 0 Å². The van der Waals surface area contributed by atoms with Gasteiger partial charge in [-0.2, -0.15) is 0 Å². The number of unbranched alkanes of at least 4 members (excludes halogenated alkanes) is 1. The van der Waals surface area contributed by atoms with E-state index < -0.39 is 6.10 Å². The van der Waals surface area contributed by atoms with Gasteiger partial charge in [0.15, 0.2) is 0 Å². The molecule has 0 bridgehead atoms. The molecule has 6 nitrogen and oxygen atoms in total. The average molecular weight is 324 g/mol. The third kappa shape index (κ3) is 19.8. The molecule has 0 rings (SSSR count). The van der Waals surface area contributed by atoms with E-state index in [0.29, 0.717) is 13.2 Å². The van der Waals surface area contributed by atoms with E-state index in [1.165, 1.54) is 0 Å². The van der Waals surface area contributed by atoms with Gasteiger partial charge in [0.2, 0.25) is 0 Å². The molecule has 0 aliphatic heterocycles. The van der Waals surface area contributed by atoms with E-state index in [0.717, 1.165) is 19.4 Å². The minimum atomic E-state index is -0.445. The molecule has 0 radical (unpaired) electrons. The molecule has 22 heavy (non-hydrogen) atoms. The van der Waals surface area contributed by atoms with Gasteiger partial charge >= 0.3 is 0 Å². The molecule has 4 unspecified atom stereocenters. The second-order valence-electron chi connectivity index (χ2n) is 5.54. The van der Waals surface area contributed by atoms with Crippen molar-refractivity contribution in [2.75, 3.05) is 33.0 Å². The molecule has 0 aromatic heterocycles. The highest BCUT2D eigenvalue weighted by Crippen LogP contribution is 1.98. The Morgan fingerprint density at radius 2 is 1.27 bits per heavy atom. The van der Waals surface area contributed by atoms with Gasteiger partial charge in [0, 0.05) is 6.61 Å². The van der Waals surface area contributed by atoms with Crippen molar-refractivity contribution < 1.29 is 29.5 Å². The van der Waals surface area contributed by atoms with E-state index in [2.05, 4.69) is 6.92 Å². The number of hydrogen-bond acceptors (Lipinski definition) is 6. The summed E-state index contributed by atoms with van der Waals surface area (Å²) in [5, 5.41) is 25.8. The summed E-state index contributed by atoms with van der Waals surface area (Å²) in [4.78, 5) is 0. The highest BCUT2D eigenvalue weighted by Gasteiger charge is 2.05. The van der Waals surface area contributed by atoms with Crippen LogP contribution >= 0.6 is 0 Å². The van der Waals surface area contributed by atoms with Gasteiger partial charge in [-0.15, -0.1) is 0 Å². The monoisotopic (exact) mass is 324 g/mol. The van der Waals surface area contributed by atoms with Crippen LogP contribution in [0.2, 0.25) is 0 Å². The van der Waals surface area contributed by atoms with E-state index in [9.17, 15) is 0 Å². The standard InChI is InChI=1S/C10H22O3.C6H14O3/c1-4-5-6-12-10(3)8-13-9(2)7-11;1-5(8)4-9-6(2)3-7/h9-11H,4-8H2,1-3H3;5-8H,3-4H2,1-2H3. The van der Waals surface area contributed by atoms with Crippen LogP contribution in [0.15, 0.2) is 0 Å². The zero-order valence-corrected chi connectivity index (χ0v) is 14.8. The molecular formula is C16H36O6. The van der Waals surface area contributed by atoms with Crippen molar-refractivity contribution >= 4 is 0 Å². The zero-order valence-electron chi connectivity index (χ0n) is 14.8. The molecule has 3 N–H and O–H groups in total. The topological polar surface area (TPSA) is 88.4 Å². The van der Waals surface area contributed by atoms with Gasteiger partial charge in [0.05, 0.1) is 50.8 Å². The predicted octanol–water partition coefficient (Wildman–Crippen LogP) is 1.35.